The molecule has 0 amide bonds. The van der Waals surface area contributed by atoms with E-state index in [4.69, 9.17) is 18.0 Å². The van der Waals surface area contributed by atoms with Gasteiger partial charge < -0.3 is 4.90 Å². The molecule has 0 saturated heterocycles. The van der Waals surface area contributed by atoms with Crippen LogP contribution in [-0.4, -0.2) is 28.7 Å². The van der Waals surface area contributed by atoms with Crippen LogP contribution in [-0.2, 0) is 6.54 Å². The van der Waals surface area contributed by atoms with Crippen LogP contribution in [0.5, 0.6) is 0 Å². The van der Waals surface area contributed by atoms with E-state index in [0.29, 0.717) is 18.1 Å². The minimum absolute atomic E-state index is 0.271. The lowest BCUT2D eigenvalue weighted by molar-refractivity contribution is 0.861. The molecular weight excluding hydrogens is 274 g/mol. The summed E-state index contributed by atoms with van der Waals surface area (Å²) in [5.74, 6) is 3.13. The van der Waals surface area contributed by atoms with Crippen molar-refractivity contribution in [2.45, 2.75) is 6.54 Å². The molecule has 0 atom stereocenters. The number of pyridine rings is 1. The maximum atomic E-state index is 5.97. The molecule has 0 unspecified atom stereocenters. The van der Waals surface area contributed by atoms with E-state index in [2.05, 4.69) is 32.6 Å². The Morgan fingerprint density at radius 3 is 2.80 bits per heavy atom. The second-order valence-electron chi connectivity index (χ2n) is 4.03. The van der Waals surface area contributed by atoms with Crippen molar-refractivity contribution >= 4 is 29.8 Å². The van der Waals surface area contributed by atoms with Gasteiger partial charge in [-0.2, -0.15) is 0 Å². The predicted molar refractivity (Wildman–Crippen MR) is 80.5 cm³/mol. The van der Waals surface area contributed by atoms with Crippen LogP contribution in [0.4, 0.5) is 11.5 Å². The number of halogens is 1. The summed E-state index contributed by atoms with van der Waals surface area (Å²) in [6.45, 7) is 4.03. The zero-order valence-corrected chi connectivity index (χ0v) is 11.7. The molecule has 2 aromatic heterocycles. The minimum atomic E-state index is 0.271. The number of aromatic nitrogens is 3. The first kappa shape index (κ1) is 14.0. The molecule has 0 saturated carbocycles. The molecule has 2 rings (SSSR count). The predicted octanol–water partition coefficient (Wildman–Crippen LogP) is 2.47. The molecule has 0 aliphatic heterocycles. The summed E-state index contributed by atoms with van der Waals surface area (Å²) in [7, 11) is 1.87. The van der Waals surface area contributed by atoms with Gasteiger partial charge in [-0.15, -0.1) is 6.42 Å². The number of rotatable bonds is 4. The van der Waals surface area contributed by atoms with E-state index >= 15 is 0 Å². The Labute approximate surface area is 122 Å². The van der Waals surface area contributed by atoms with Crippen molar-refractivity contribution in [3.63, 3.8) is 0 Å². The molecule has 0 fully saturated rings. The summed E-state index contributed by atoms with van der Waals surface area (Å²) < 4.78 is 0. The standard InChI is InChI=1S/C14H12ClN5/c1-4-10-5-6-11(17-7-10)8-20(3)14-12(16-2)13(15)18-9-19-14/h1,5-7,9H,2,8H2,3H3. The molecule has 5 nitrogen and oxygen atoms in total. The van der Waals surface area contributed by atoms with E-state index in [1.54, 1.807) is 6.20 Å². The fourth-order valence-corrected chi connectivity index (χ4v) is 1.87. The molecule has 0 bridgehead atoms. The molecule has 100 valence electrons. The van der Waals surface area contributed by atoms with Crippen molar-refractivity contribution in [1.82, 2.24) is 15.0 Å². The van der Waals surface area contributed by atoms with Gasteiger partial charge in [-0.1, -0.05) is 17.5 Å². The molecule has 2 aromatic rings. The van der Waals surface area contributed by atoms with Gasteiger partial charge in [0.2, 0.25) is 0 Å². The Morgan fingerprint density at radius 1 is 1.40 bits per heavy atom. The first-order valence-corrected chi connectivity index (χ1v) is 6.13. The Balaban J connectivity index is 2.23. The van der Waals surface area contributed by atoms with Crippen molar-refractivity contribution < 1.29 is 0 Å². The third kappa shape index (κ3) is 2.92. The quantitative estimate of drug-likeness (QED) is 0.492. The van der Waals surface area contributed by atoms with E-state index in [0.717, 1.165) is 11.3 Å². The van der Waals surface area contributed by atoms with Crippen LogP contribution >= 0.6 is 11.6 Å². The van der Waals surface area contributed by atoms with Crippen molar-refractivity contribution in [2.75, 3.05) is 11.9 Å². The SMILES string of the molecule is C#Cc1ccc(CN(C)c2ncnc(Cl)c2N=C)nc1. The first-order valence-electron chi connectivity index (χ1n) is 5.75. The maximum Gasteiger partial charge on any atom is 0.160 e. The topological polar surface area (TPSA) is 54.3 Å². The van der Waals surface area contributed by atoms with Gasteiger partial charge in [0.1, 0.15) is 12.0 Å². The lowest BCUT2D eigenvalue weighted by atomic mass is 10.2. The van der Waals surface area contributed by atoms with E-state index < -0.39 is 0 Å². The number of anilines is 1. The second-order valence-corrected chi connectivity index (χ2v) is 4.39. The molecule has 0 aliphatic carbocycles. The fraction of sp³-hybridized carbons (Fsp3) is 0.143. The molecule has 20 heavy (non-hydrogen) atoms. The van der Waals surface area contributed by atoms with Crippen LogP contribution in [0.1, 0.15) is 11.3 Å². The fourth-order valence-electron chi connectivity index (χ4n) is 1.69. The van der Waals surface area contributed by atoms with E-state index in [-0.39, 0.29) is 5.15 Å². The van der Waals surface area contributed by atoms with Crippen molar-refractivity contribution in [3.8, 4) is 12.3 Å². The van der Waals surface area contributed by atoms with Crippen molar-refractivity contribution in [2.24, 2.45) is 4.99 Å². The third-order valence-corrected chi connectivity index (χ3v) is 2.95. The number of aliphatic imine (C=N–C) groups is 1. The minimum Gasteiger partial charge on any atom is -0.352 e. The van der Waals surface area contributed by atoms with Gasteiger partial charge in [0.05, 0.1) is 12.2 Å². The monoisotopic (exact) mass is 285 g/mol. The van der Waals surface area contributed by atoms with Gasteiger partial charge in [-0.25, -0.2) is 9.97 Å². The zero-order chi connectivity index (χ0) is 14.5. The van der Waals surface area contributed by atoms with Crippen LogP contribution < -0.4 is 4.90 Å². The lowest BCUT2D eigenvalue weighted by Crippen LogP contribution is -2.18. The summed E-state index contributed by atoms with van der Waals surface area (Å²) in [5, 5.41) is 0.271. The summed E-state index contributed by atoms with van der Waals surface area (Å²) >= 11 is 5.97. The average Bonchev–Trinajstić information content (AvgIpc) is 2.47. The second kappa shape index (κ2) is 6.13. The summed E-state index contributed by atoms with van der Waals surface area (Å²) in [6, 6.07) is 3.71. The highest BCUT2D eigenvalue weighted by molar-refractivity contribution is 6.32. The van der Waals surface area contributed by atoms with Crippen LogP contribution in [0, 0.1) is 12.3 Å². The molecule has 0 aliphatic rings. The van der Waals surface area contributed by atoms with Gasteiger partial charge in [0.25, 0.3) is 0 Å². The lowest BCUT2D eigenvalue weighted by Gasteiger charge is -2.19. The molecule has 0 spiro atoms. The van der Waals surface area contributed by atoms with Crippen LogP contribution in [0.2, 0.25) is 5.15 Å². The van der Waals surface area contributed by atoms with Crippen molar-refractivity contribution in [1.29, 1.82) is 0 Å². The highest BCUT2D eigenvalue weighted by atomic mass is 35.5. The highest BCUT2D eigenvalue weighted by Gasteiger charge is 2.13. The molecule has 0 N–H and O–H groups in total. The van der Waals surface area contributed by atoms with Gasteiger partial charge in [0, 0.05) is 18.8 Å². The van der Waals surface area contributed by atoms with Crippen LogP contribution in [0.15, 0.2) is 29.6 Å². The largest absolute Gasteiger partial charge is 0.352 e. The Hall–Kier alpha value is -2.45. The summed E-state index contributed by atoms with van der Waals surface area (Å²) in [5.41, 5.74) is 2.06. The summed E-state index contributed by atoms with van der Waals surface area (Å²) in [6.07, 6.45) is 8.34. The molecule has 6 heteroatoms. The zero-order valence-electron chi connectivity index (χ0n) is 10.9. The molecule has 0 radical (unpaired) electrons. The Morgan fingerprint density at radius 2 is 2.20 bits per heavy atom. The number of hydrogen-bond acceptors (Lipinski definition) is 5. The van der Waals surface area contributed by atoms with E-state index in [9.17, 15) is 0 Å². The smallest absolute Gasteiger partial charge is 0.160 e. The van der Waals surface area contributed by atoms with Gasteiger partial charge >= 0.3 is 0 Å². The highest BCUT2D eigenvalue weighted by Crippen LogP contribution is 2.31. The number of nitrogens with zero attached hydrogens (tertiary/aromatic N) is 5. The third-order valence-electron chi connectivity index (χ3n) is 2.67. The van der Waals surface area contributed by atoms with E-state index in [1.165, 1.54) is 6.33 Å². The molecule has 0 aromatic carbocycles. The van der Waals surface area contributed by atoms with E-state index in [1.807, 2.05) is 24.1 Å². The number of terminal acetylenes is 1. The van der Waals surface area contributed by atoms with Crippen molar-refractivity contribution in [3.05, 3.63) is 41.1 Å². The Bertz CT molecular complexity index is 660. The van der Waals surface area contributed by atoms with Crippen LogP contribution in [0.3, 0.4) is 0 Å². The molecule has 2 heterocycles. The van der Waals surface area contributed by atoms with Gasteiger partial charge in [-0.05, 0) is 18.9 Å². The van der Waals surface area contributed by atoms with Crippen LogP contribution in [0.25, 0.3) is 0 Å². The summed E-state index contributed by atoms with van der Waals surface area (Å²) in [4.78, 5) is 18.1. The molecular formula is C14H12ClN5. The normalized spacial score (nSPS) is 9.85. The first-order chi connectivity index (χ1) is 9.65. The maximum absolute atomic E-state index is 5.97. The Kier molecular flexibility index (Phi) is 4.28. The van der Waals surface area contributed by atoms with Gasteiger partial charge in [-0.3, -0.25) is 9.98 Å². The number of hydrogen-bond donors (Lipinski definition) is 0. The average molecular weight is 286 g/mol. The van der Waals surface area contributed by atoms with Gasteiger partial charge in [0.15, 0.2) is 11.0 Å².